The highest BCUT2D eigenvalue weighted by atomic mass is 15.3. The van der Waals surface area contributed by atoms with Gasteiger partial charge in [0.25, 0.3) is 0 Å². The van der Waals surface area contributed by atoms with Gasteiger partial charge < -0.3 is 0 Å². The zero-order valence-corrected chi connectivity index (χ0v) is 8.41. The summed E-state index contributed by atoms with van der Waals surface area (Å²) in [5, 5.41) is 14.7. The first kappa shape index (κ1) is 8.84. The first-order chi connectivity index (χ1) is 7.93. The van der Waals surface area contributed by atoms with E-state index in [2.05, 4.69) is 20.4 Å². The van der Waals surface area contributed by atoms with Crippen LogP contribution in [0.4, 0.5) is 0 Å². The quantitative estimate of drug-likeness (QED) is 0.701. The predicted octanol–water partition coefficient (Wildman–Crippen LogP) is 1.66. The van der Waals surface area contributed by atoms with Crippen molar-refractivity contribution in [3.63, 3.8) is 0 Å². The molecule has 0 fully saturated rings. The molecule has 0 unspecified atom stereocenters. The topological polar surface area (TPSA) is 59.4 Å². The van der Waals surface area contributed by atoms with Crippen LogP contribution in [-0.2, 0) is 0 Å². The normalized spacial score (nSPS) is 10.5. The van der Waals surface area contributed by atoms with Crippen LogP contribution in [0.5, 0.6) is 0 Å². The molecule has 0 aliphatic heterocycles. The smallest absolute Gasteiger partial charge is 0.161 e. The van der Waals surface area contributed by atoms with Crippen LogP contribution in [0.15, 0.2) is 49.1 Å². The van der Waals surface area contributed by atoms with Crippen molar-refractivity contribution < 1.29 is 0 Å². The second-order valence-corrected chi connectivity index (χ2v) is 3.37. The van der Waals surface area contributed by atoms with Gasteiger partial charge in [0.1, 0.15) is 12.7 Å². The van der Waals surface area contributed by atoms with Crippen molar-refractivity contribution in [3.05, 3.63) is 49.1 Å². The Labute approximate surface area is 91.8 Å². The van der Waals surface area contributed by atoms with Gasteiger partial charge in [-0.05, 0) is 5.56 Å². The summed E-state index contributed by atoms with van der Waals surface area (Å²) in [6.07, 6.45) is 3.23. The fourth-order valence-electron chi connectivity index (χ4n) is 1.53. The minimum absolute atomic E-state index is 0.781. The molecule has 78 valence electrons. The molecule has 5 heteroatoms. The van der Waals surface area contributed by atoms with Crippen molar-refractivity contribution in [2.75, 3.05) is 0 Å². The highest BCUT2D eigenvalue weighted by Crippen LogP contribution is 2.18. The van der Waals surface area contributed by atoms with Crippen molar-refractivity contribution >= 4 is 0 Å². The number of H-pyrrole nitrogens is 1. The molecule has 0 aliphatic rings. The molecule has 0 amide bonds. The van der Waals surface area contributed by atoms with E-state index < -0.39 is 0 Å². The zero-order valence-electron chi connectivity index (χ0n) is 8.41. The molecule has 1 N–H and O–H groups in total. The van der Waals surface area contributed by atoms with E-state index in [4.69, 9.17) is 0 Å². The molecule has 0 spiro atoms. The van der Waals surface area contributed by atoms with Gasteiger partial charge in [-0.15, -0.1) is 10.2 Å². The second kappa shape index (κ2) is 3.62. The largest absolute Gasteiger partial charge is 0.276 e. The number of rotatable bonds is 2. The number of aromatic nitrogens is 5. The molecule has 0 bridgehead atoms. The first-order valence-electron chi connectivity index (χ1n) is 4.89. The maximum absolute atomic E-state index is 4.19. The summed E-state index contributed by atoms with van der Waals surface area (Å²) in [4.78, 5) is 0. The molecular formula is C11H9N5. The van der Waals surface area contributed by atoms with Gasteiger partial charge in [0.15, 0.2) is 5.82 Å². The van der Waals surface area contributed by atoms with E-state index in [-0.39, 0.29) is 0 Å². The SMILES string of the molecule is c1ccc(-c2cc(-n3cnnc3)n[nH]2)cc1. The Morgan fingerprint density at radius 3 is 2.50 bits per heavy atom. The molecule has 3 rings (SSSR count). The Kier molecular flexibility index (Phi) is 2.00. The Morgan fingerprint density at radius 1 is 1.00 bits per heavy atom. The number of hydrogen-bond donors (Lipinski definition) is 1. The Morgan fingerprint density at radius 2 is 1.75 bits per heavy atom. The average molecular weight is 211 g/mol. The van der Waals surface area contributed by atoms with Gasteiger partial charge in [-0.2, -0.15) is 5.10 Å². The third-order valence-electron chi connectivity index (χ3n) is 2.33. The maximum Gasteiger partial charge on any atom is 0.161 e. The van der Waals surface area contributed by atoms with Crippen molar-refractivity contribution in [3.8, 4) is 17.1 Å². The maximum atomic E-state index is 4.19. The van der Waals surface area contributed by atoms with Crippen LogP contribution in [0.3, 0.4) is 0 Å². The fraction of sp³-hybridized carbons (Fsp3) is 0. The minimum atomic E-state index is 0.781. The Hall–Kier alpha value is -2.43. The molecule has 0 radical (unpaired) electrons. The zero-order chi connectivity index (χ0) is 10.8. The van der Waals surface area contributed by atoms with Gasteiger partial charge in [-0.3, -0.25) is 9.67 Å². The fourth-order valence-corrected chi connectivity index (χ4v) is 1.53. The van der Waals surface area contributed by atoms with Crippen LogP contribution in [0.1, 0.15) is 0 Å². The molecule has 3 aromatic rings. The number of benzene rings is 1. The highest BCUT2D eigenvalue weighted by molar-refractivity contribution is 5.60. The predicted molar refractivity (Wildman–Crippen MR) is 58.9 cm³/mol. The number of nitrogens with one attached hydrogen (secondary N) is 1. The molecule has 2 aromatic heterocycles. The van der Waals surface area contributed by atoms with Gasteiger partial charge >= 0.3 is 0 Å². The van der Waals surface area contributed by atoms with Gasteiger partial charge in [-0.25, -0.2) is 0 Å². The summed E-state index contributed by atoms with van der Waals surface area (Å²) in [6, 6.07) is 12.0. The van der Waals surface area contributed by atoms with E-state index >= 15 is 0 Å². The average Bonchev–Trinajstić information content (AvgIpc) is 3.01. The van der Waals surface area contributed by atoms with Crippen LogP contribution in [-0.4, -0.2) is 25.0 Å². The molecule has 0 atom stereocenters. The van der Waals surface area contributed by atoms with Gasteiger partial charge in [0.05, 0.1) is 5.69 Å². The van der Waals surface area contributed by atoms with E-state index in [0.717, 1.165) is 17.1 Å². The lowest BCUT2D eigenvalue weighted by molar-refractivity contribution is 0.955. The van der Waals surface area contributed by atoms with Crippen molar-refractivity contribution in [1.29, 1.82) is 0 Å². The Balaban J connectivity index is 2.00. The molecule has 0 saturated heterocycles. The first-order valence-corrected chi connectivity index (χ1v) is 4.89. The molecule has 0 aliphatic carbocycles. The lowest BCUT2D eigenvalue weighted by atomic mass is 10.2. The number of aromatic amines is 1. The summed E-state index contributed by atoms with van der Waals surface area (Å²) in [7, 11) is 0. The van der Waals surface area contributed by atoms with Crippen LogP contribution in [0, 0.1) is 0 Å². The van der Waals surface area contributed by atoms with E-state index in [9.17, 15) is 0 Å². The van der Waals surface area contributed by atoms with E-state index in [0.29, 0.717) is 0 Å². The summed E-state index contributed by atoms with van der Waals surface area (Å²) in [5.74, 6) is 0.781. The number of nitrogens with zero attached hydrogens (tertiary/aromatic N) is 4. The van der Waals surface area contributed by atoms with Crippen molar-refractivity contribution in [2.45, 2.75) is 0 Å². The van der Waals surface area contributed by atoms with E-state index in [1.54, 1.807) is 17.2 Å². The summed E-state index contributed by atoms with van der Waals surface area (Å²) in [6.45, 7) is 0. The van der Waals surface area contributed by atoms with Gasteiger partial charge in [0, 0.05) is 6.07 Å². The van der Waals surface area contributed by atoms with Crippen LogP contribution < -0.4 is 0 Å². The van der Waals surface area contributed by atoms with Crippen LogP contribution in [0.25, 0.3) is 17.1 Å². The van der Waals surface area contributed by atoms with Crippen LogP contribution in [0.2, 0.25) is 0 Å². The summed E-state index contributed by atoms with van der Waals surface area (Å²) >= 11 is 0. The molecule has 1 aromatic carbocycles. The van der Waals surface area contributed by atoms with Gasteiger partial charge in [-0.1, -0.05) is 30.3 Å². The van der Waals surface area contributed by atoms with Gasteiger partial charge in [0.2, 0.25) is 0 Å². The lowest BCUT2D eigenvalue weighted by Crippen LogP contribution is -1.88. The minimum Gasteiger partial charge on any atom is -0.276 e. The molecule has 2 heterocycles. The van der Waals surface area contributed by atoms with E-state index in [1.165, 1.54) is 0 Å². The number of hydrogen-bond acceptors (Lipinski definition) is 3. The van der Waals surface area contributed by atoms with E-state index in [1.807, 2.05) is 36.4 Å². The summed E-state index contributed by atoms with van der Waals surface area (Å²) in [5.41, 5.74) is 2.08. The molecule has 0 saturated carbocycles. The summed E-state index contributed by atoms with van der Waals surface area (Å²) < 4.78 is 1.75. The second-order valence-electron chi connectivity index (χ2n) is 3.37. The monoisotopic (exact) mass is 211 g/mol. The molecule has 16 heavy (non-hydrogen) atoms. The van der Waals surface area contributed by atoms with Crippen molar-refractivity contribution in [2.24, 2.45) is 0 Å². The third-order valence-corrected chi connectivity index (χ3v) is 2.33. The molecule has 5 nitrogen and oxygen atoms in total. The molecular weight excluding hydrogens is 202 g/mol. The standard InChI is InChI=1S/C11H9N5/c1-2-4-9(5-3-1)10-6-11(15-14-10)16-7-12-13-8-16/h1-8H,(H,14,15). The third kappa shape index (κ3) is 1.48. The Bertz CT molecular complexity index is 567. The highest BCUT2D eigenvalue weighted by Gasteiger charge is 2.04. The van der Waals surface area contributed by atoms with Crippen molar-refractivity contribution in [1.82, 2.24) is 25.0 Å². The lowest BCUT2D eigenvalue weighted by Gasteiger charge is -1.94. The van der Waals surface area contributed by atoms with Crippen LogP contribution >= 0.6 is 0 Å².